The Kier molecular flexibility index (Phi) is 4.12. The standard InChI is InChI=1S/C15H17FN2O/c1-10(2)19-13-8-4-3-6-11(13)14(17)15-12(16)7-5-9-18-15/h3-10,14H,17H2,1-2H3. The molecule has 1 heterocycles. The van der Waals surface area contributed by atoms with Crippen LogP contribution in [0.2, 0.25) is 0 Å². The van der Waals surface area contributed by atoms with Crippen LogP contribution in [0.5, 0.6) is 5.75 Å². The van der Waals surface area contributed by atoms with E-state index < -0.39 is 11.9 Å². The molecular weight excluding hydrogens is 243 g/mol. The Bertz CT molecular complexity index is 557. The minimum Gasteiger partial charge on any atom is -0.491 e. The lowest BCUT2D eigenvalue weighted by Crippen LogP contribution is -2.17. The van der Waals surface area contributed by atoms with E-state index in [0.29, 0.717) is 5.75 Å². The Morgan fingerprint density at radius 3 is 2.58 bits per heavy atom. The summed E-state index contributed by atoms with van der Waals surface area (Å²) in [4.78, 5) is 4.02. The minimum absolute atomic E-state index is 0.0296. The molecule has 100 valence electrons. The van der Waals surface area contributed by atoms with Crippen LogP contribution in [0.4, 0.5) is 4.39 Å². The molecule has 2 N–H and O–H groups in total. The lowest BCUT2D eigenvalue weighted by molar-refractivity contribution is 0.239. The highest BCUT2D eigenvalue weighted by molar-refractivity contribution is 5.40. The Morgan fingerprint density at radius 2 is 1.89 bits per heavy atom. The van der Waals surface area contributed by atoms with Gasteiger partial charge in [-0.2, -0.15) is 0 Å². The van der Waals surface area contributed by atoms with Crippen LogP contribution in [0.1, 0.15) is 31.1 Å². The van der Waals surface area contributed by atoms with Crippen LogP contribution in [0.15, 0.2) is 42.6 Å². The number of ether oxygens (including phenoxy) is 1. The number of nitrogens with two attached hydrogens (primary N) is 1. The van der Waals surface area contributed by atoms with E-state index in [1.807, 2.05) is 38.1 Å². The SMILES string of the molecule is CC(C)Oc1ccccc1C(N)c1ncccc1F. The topological polar surface area (TPSA) is 48.1 Å². The van der Waals surface area contributed by atoms with E-state index in [4.69, 9.17) is 10.5 Å². The smallest absolute Gasteiger partial charge is 0.146 e. The van der Waals surface area contributed by atoms with Crippen LogP contribution in [0.25, 0.3) is 0 Å². The summed E-state index contributed by atoms with van der Waals surface area (Å²) in [5.74, 6) is 0.254. The van der Waals surface area contributed by atoms with E-state index in [2.05, 4.69) is 4.98 Å². The van der Waals surface area contributed by atoms with Gasteiger partial charge in [-0.05, 0) is 32.0 Å². The van der Waals surface area contributed by atoms with Crippen LogP contribution in [-0.2, 0) is 0 Å². The number of halogens is 1. The number of hydrogen-bond donors (Lipinski definition) is 1. The zero-order chi connectivity index (χ0) is 13.8. The molecule has 0 spiro atoms. The molecule has 19 heavy (non-hydrogen) atoms. The van der Waals surface area contributed by atoms with E-state index in [1.54, 1.807) is 6.07 Å². The molecule has 4 heteroatoms. The van der Waals surface area contributed by atoms with Gasteiger partial charge in [-0.3, -0.25) is 4.98 Å². The van der Waals surface area contributed by atoms with Crippen molar-refractivity contribution in [1.82, 2.24) is 4.98 Å². The summed E-state index contributed by atoms with van der Waals surface area (Å²) in [5.41, 5.74) is 7.07. The van der Waals surface area contributed by atoms with Crippen LogP contribution in [0, 0.1) is 5.82 Å². The monoisotopic (exact) mass is 260 g/mol. The van der Waals surface area contributed by atoms with Gasteiger partial charge < -0.3 is 10.5 Å². The Labute approximate surface area is 112 Å². The number of para-hydroxylation sites is 1. The van der Waals surface area contributed by atoms with Gasteiger partial charge in [0, 0.05) is 11.8 Å². The second kappa shape index (κ2) is 5.80. The van der Waals surface area contributed by atoms with E-state index in [-0.39, 0.29) is 11.8 Å². The number of rotatable bonds is 4. The zero-order valence-corrected chi connectivity index (χ0v) is 11.0. The van der Waals surface area contributed by atoms with Crippen molar-refractivity contribution in [3.63, 3.8) is 0 Å². The fourth-order valence-electron chi connectivity index (χ4n) is 1.87. The summed E-state index contributed by atoms with van der Waals surface area (Å²) in [7, 11) is 0. The molecule has 1 atom stereocenters. The van der Waals surface area contributed by atoms with Crippen LogP contribution < -0.4 is 10.5 Å². The van der Waals surface area contributed by atoms with Gasteiger partial charge in [0.1, 0.15) is 11.6 Å². The lowest BCUT2D eigenvalue weighted by atomic mass is 10.0. The molecule has 0 aliphatic rings. The second-order valence-corrected chi connectivity index (χ2v) is 4.55. The third-order valence-corrected chi connectivity index (χ3v) is 2.70. The maximum absolute atomic E-state index is 13.7. The maximum atomic E-state index is 13.7. The summed E-state index contributed by atoms with van der Waals surface area (Å²) in [6.07, 6.45) is 1.56. The summed E-state index contributed by atoms with van der Waals surface area (Å²) in [5, 5.41) is 0. The van der Waals surface area contributed by atoms with Gasteiger partial charge in [0.2, 0.25) is 0 Å². The highest BCUT2D eigenvalue weighted by Gasteiger charge is 2.18. The minimum atomic E-state index is -0.642. The first-order chi connectivity index (χ1) is 9.09. The molecule has 2 aromatic rings. The van der Waals surface area contributed by atoms with Crippen molar-refractivity contribution in [3.05, 3.63) is 59.7 Å². The summed E-state index contributed by atoms with van der Waals surface area (Å²) < 4.78 is 19.4. The van der Waals surface area contributed by atoms with E-state index in [0.717, 1.165) is 5.56 Å². The normalized spacial score (nSPS) is 12.5. The first kappa shape index (κ1) is 13.5. The molecule has 0 radical (unpaired) electrons. The van der Waals surface area contributed by atoms with Crippen molar-refractivity contribution in [2.45, 2.75) is 26.0 Å². The predicted octanol–water partition coefficient (Wildman–Crippen LogP) is 3.06. The van der Waals surface area contributed by atoms with Crippen LogP contribution >= 0.6 is 0 Å². The Balaban J connectivity index is 2.39. The number of hydrogen-bond acceptors (Lipinski definition) is 3. The highest BCUT2D eigenvalue weighted by Crippen LogP contribution is 2.28. The van der Waals surface area contributed by atoms with Crippen LogP contribution in [-0.4, -0.2) is 11.1 Å². The molecule has 0 fully saturated rings. The Morgan fingerprint density at radius 1 is 1.16 bits per heavy atom. The molecule has 0 saturated carbocycles. The molecule has 3 nitrogen and oxygen atoms in total. The Hall–Kier alpha value is -1.94. The molecule has 1 aromatic carbocycles. The predicted molar refractivity (Wildman–Crippen MR) is 72.4 cm³/mol. The molecule has 0 saturated heterocycles. The highest BCUT2D eigenvalue weighted by atomic mass is 19.1. The van der Waals surface area contributed by atoms with Gasteiger partial charge in [-0.1, -0.05) is 18.2 Å². The van der Waals surface area contributed by atoms with Crippen molar-refractivity contribution < 1.29 is 9.13 Å². The summed E-state index contributed by atoms with van der Waals surface area (Å²) in [6, 6.07) is 9.63. The van der Waals surface area contributed by atoms with Gasteiger partial charge in [0.15, 0.2) is 0 Å². The largest absolute Gasteiger partial charge is 0.491 e. The first-order valence-electron chi connectivity index (χ1n) is 6.21. The summed E-state index contributed by atoms with van der Waals surface area (Å²) in [6.45, 7) is 3.87. The average Bonchev–Trinajstić information content (AvgIpc) is 2.38. The van der Waals surface area contributed by atoms with Gasteiger partial charge >= 0.3 is 0 Å². The summed E-state index contributed by atoms with van der Waals surface area (Å²) >= 11 is 0. The average molecular weight is 260 g/mol. The van der Waals surface area contributed by atoms with Crippen LogP contribution in [0.3, 0.4) is 0 Å². The number of benzene rings is 1. The number of pyridine rings is 1. The van der Waals surface area contributed by atoms with Crippen molar-refractivity contribution in [2.24, 2.45) is 5.73 Å². The van der Waals surface area contributed by atoms with Crippen molar-refractivity contribution in [1.29, 1.82) is 0 Å². The van der Waals surface area contributed by atoms with E-state index in [9.17, 15) is 4.39 Å². The van der Waals surface area contributed by atoms with Gasteiger partial charge in [-0.25, -0.2) is 4.39 Å². The van der Waals surface area contributed by atoms with E-state index in [1.165, 1.54) is 12.3 Å². The first-order valence-corrected chi connectivity index (χ1v) is 6.21. The fourth-order valence-corrected chi connectivity index (χ4v) is 1.87. The number of nitrogens with zero attached hydrogens (tertiary/aromatic N) is 1. The maximum Gasteiger partial charge on any atom is 0.146 e. The molecular formula is C15H17FN2O. The van der Waals surface area contributed by atoms with Crippen molar-refractivity contribution >= 4 is 0 Å². The zero-order valence-electron chi connectivity index (χ0n) is 11.0. The molecule has 1 aromatic heterocycles. The molecule has 0 amide bonds. The second-order valence-electron chi connectivity index (χ2n) is 4.55. The molecule has 2 rings (SSSR count). The molecule has 0 aliphatic carbocycles. The van der Waals surface area contributed by atoms with Gasteiger partial charge in [-0.15, -0.1) is 0 Å². The fraction of sp³-hybridized carbons (Fsp3) is 0.267. The van der Waals surface area contributed by atoms with Crippen molar-refractivity contribution in [2.75, 3.05) is 0 Å². The van der Waals surface area contributed by atoms with Gasteiger partial charge in [0.25, 0.3) is 0 Å². The molecule has 0 bridgehead atoms. The van der Waals surface area contributed by atoms with Gasteiger partial charge in [0.05, 0.1) is 17.8 Å². The van der Waals surface area contributed by atoms with Crippen molar-refractivity contribution in [3.8, 4) is 5.75 Å². The third-order valence-electron chi connectivity index (χ3n) is 2.70. The quantitative estimate of drug-likeness (QED) is 0.919. The number of aromatic nitrogens is 1. The van der Waals surface area contributed by atoms with E-state index >= 15 is 0 Å². The molecule has 0 aliphatic heterocycles. The molecule has 1 unspecified atom stereocenters. The third kappa shape index (κ3) is 3.09. The lowest BCUT2D eigenvalue weighted by Gasteiger charge is -2.18.